The van der Waals surface area contributed by atoms with Gasteiger partial charge in [-0.25, -0.2) is 9.37 Å². The normalized spacial score (nSPS) is 10.6. The minimum absolute atomic E-state index is 0.0278. The summed E-state index contributed by atoms with van der Waals surface area (Å²) < 4.78 is 17.9. The topological polar surface area (TPSA) is 43.1 Å². The highest BCUT2D eigenvalue weighted by molar-refractivity contribution is 5.79. The number of hydrogen-bond acceptors (Lipinski definition) is 3. The second kappa shape index (κ2) is 2.65. The van der Waals surface area contributed by atoms with Gasteiger partial charge in [-0.05, 0) is 18.6 Å². The van der Waals surface area contributed by atoms with Crippen LogP contribution in [0.15, 0.2) is 16.5 Å². The largest absolute Gasteiger partial charge is 0.434 e. The van der Waals surface area contributed by atoms with Crippen LogP contribution in [0.2, 0.25) is 0 Å². The summed E-state index contributed by atoms with van der Waals surface area (Å²) in [6.07, 6.45) is 0.493. The molecule has 0 aliphatic heterocycles. The van der Waals surface area contributed by atoms with Crippen molar-refractivity contribution in [2.24, 2.45) is 0 Å². The number of carbonyl (C=O) groups excluding carboxylic acids is 1. The number of carbonyl (C=O) groups is 1. The Morgan fingerprint density at radius 3 is 3.00 bits per heavy atom. The summed E-state index contributed by atoms with van der Waals surface area (Å²) in [6, 6.07) is 2.77. The first kappa shape index (κ1) is 7.91. The number of nitrogens with zero attached hydrogens (tertiary/aromatic N) is 1. The predicted molar refractivity (Wildman–Crippen MR) is 44.1 cm³/mol. The van der Waals surface area contributed by atoms with Gasteiger partial charge >= 0.3 is 0 Å². The average molecular weight is 179 g/mol. The van der Waals surface area contributed by atoms with Crippen LogP contribution in [-0.4, -0.2) is 11.3 Å². The second-order valence-electron chi connectivity index (χ2n) is 2.74. The van der Waals surface area contributed by atoms with E-state index in [-0.39, 0.29) is 11.7 Å². The molecule has 1 heterocycles. The van der Waals surface area contributed by atoms with Crippen molar-refractivity contribution in [2.45, 2.75) is 6.92 Å². The molecule has 0 aliphatic rings. The van der Waals surface area contributed by atoms with Crippen LogP contribution in [0.1, 0.15) is 16.2 Å². The molecule has 0 saturated heterocycles. The Kier molecular flexibility index (Phi) is 1.62. The minimum Gasteiger partial charge on any atom is -0.434 e. The molecular formula is C9H6FNO2. The van der Waals surface area contributed by atoms with E-state index in [2.05, 4.69) is 4.98 Å². The first-order valence-electron chi connectivity index (χ1n) is 3.72. The van der Waals surface area contributed by atoms with Crippen molar-refractivity contribution in [3.63, 3.8) is 0 Å². The zero-order valence-electron chi connectivity index (χ0n) is 6.87. The predicted octanol–water partition coefficient (Wildman–Crippen LogP) is 2.09. The fraction of sp³-hybridized carbons (Fsp3) is 0.111. The molecule has 2 rings (SSSR count). The van der Waals surface area contributed by atoms with Gasteiger partial charge in [-0.15, -0.1) is 0 Å². The highest BCUT2D eigenvalue weighted by Crippen LogP contribution is 2.18. The Hall–Kier alpha value is -1.71. The van der Waals surface area contributed by atoms with Crippen molar-refractivity contribution in [1.82, 2.24) is 4.98 Å². The molecule has 13 heavy (non-hydrogen) atoms. The lowest BCUT2D eigenvalue weighted by molar-refractivity contribution is 0.109. The summed E-state index contributed by atoms with van der Waals surface area (Å²) in [5.41, 5.74) is 1.28. The van der Waals surface area contributed by atoms with Crippen molar-refractivity contribution in [1.29, 1.82) is 0 Å². The third-order valence-electron chi connectivity index (χ3n) is 1.79. The van der Waals surface area contributed by atoms with Crippen LogP contribution in [0.4, 0.5) is 4.39 Å². The maximum absolute atomic E-state index is 13.0. The van der Waals surface area contributed by atoms with Crippen molar-refractivity contribution < 1.29 is 13.6 Å². The first-order chi connectivity index (χ1) is 6.20. The Balaban J connectivity index is 2.77. The number of aryl methyl sites for hydroxylation is 1. The van der Waals surface area contributed by atoms with E-state index in [0.29, 0.717) is 22.9 Å². The van der Waals surface area contributed by atoms with Gasteiger partial charge in [0, 0.05) is 6.07 Å². The number of fused-ring (bicyclic) bond motifs is 1. The lowest BCUT2D eigenvalue weighted by Crippen LogP contribution is -1.80. The summed E-state index contributed by atoms with van der Waals surface area (Å²) in [6.45, 7) is 1.63. The van der Waals surface area contributed by atoms with E-state index in [1.54, 1.807) is 13.0 Å². The van der Waals surface area contributed by atoms with Crippen LogP contribution in [0.3, 0.4) is 0 Å². The molecule has 3 nitrogen and oxygen atoms in total. The van der Waals surface area contributed by atoms with Crippen LogP contribution < -0.4 is 0 Å². The zero-order valence-corrected chi connectivity index (χ0v) is 6.87. The molecule has 0 spiro atoms. The Morgan fingerprint density at radius 1 is 1.54 bits per heavy atom. The summed E-state index contributed by atoms with van der Waals surface area (Å²) in [5.74, 6) is -0.388. The smallest absolute Gasteiger partial charge is 0.260 e. The molecule has 0 amide bonds. The van der Waals surface area contributed by atoms with Gasteiger partial charge in [-0.2, -0.15) is 0 Å². The molecule has 4 heteroatoms. The number of aromatic nitrogens is 1. The fourth-order valence-electron chi connectivity index (χ4n) is 1.12. The van der Waals surface area contributed by atoms with Gasteiger partial charge in [-0.3, -0.25) is 4.79 Å². The summed E-state index contributed by atoms with van der Waals surface area (Å²) in [4.78, 5) is 14.1. The number of hydrogen-bond donors (Lipinski definition) is 0. The SMILES string of the molecule is Cc1cc2nc(C=O)oc2cc1F. The van der Waals surface area contributed by atoms with Crippen LogP contribution in [0.25, 0.3) is 11.1 Å². The molecule has 0 saturated carbocycles. The third-order valence-corrected chi connectivity index (χ3v) is 1.79. The number of halogens is 1. The molecule has 2 aromatic rings. The van der Waals surface area contributed by atoms with E-state index in [9.17, 15) is 9.18 Å². The van der Waals surface area contributed by atoms with Crippen molar-refractivity contribution in [2.75, 3.05) is 0 Å². The van der Waals surface area contributed by atoms with E-state index in [0.717, 1.165) is 0 Å². The van der Waals surface area contributed by atoms with Crippen molar-refractivity contribution in [3.8, 4) is 0 Å². The first-order valence-corrected chi connectivity index (χ1v) is 3.72. The van der Waals surface area contributed by atoms with Gasteiger partial charge in [0.05, 0.1) is 0 Å². The average Bonchev–Trinajstić information content (AvgIpc) is 2.48. The molecule has 66 valence electrons. The highest BCUT2D eigenvalue weighted by Gasteiger charge is 2.07. The van der Waals surface area contributed by atoms with Crippen LogP contribution in [0.5, 0.6) is 0 Å². The van der Waals surface area contributed by atoms with E-state index in [1.165, 1.54) is 6.07 Å². The van der Waals surface area contributed by atoms with Crippen molar-refractivity contribution >= 4 is 17.4 Å². The fourth-order valence-corrected chi connectivity index (χ4v) is 1.12. The molecule has 0 bridgehead atoms. The van der Waals surface area contributed by atoms with Gasteiger partial charge < -0.3 is 4.42 Å². The number of oxazole rings is 1. The third kappa shape index (κ3) is 1.20. The summed E-state index contributed by atoms with van der Waals surface area (Å²) in [5, 5.41) is 0. The lowest BCUT2D eigenvalue weighted by atomic mass is 10.2. The molecule has 0 radical (unpaired) electrons. The molecule has 1 aromatic carbocycles. The molecular weight excluding hydrogens is 173 g/mol. The van der Waals surface area contributed by atoms with Crippen molar-refractivity contribution in [3.05, 3.63) is 29.4 Å². The number of aldehydes is 1. The van der Waals surface area contributed by atoms with E-state index >= 15 is 0 Å². The van der Waals surface area contributed by atoms with E-state index < -0.39 is 0 Å². The standard InChI is InChI=1S/C9H6FNO2/c1-5-2-7-8(3-6(5)10)13-9(4-12)11-7/h2-4H,1H3. The maximum Gasteiger partial charge on any atom is 0.260 e. The van der Waals surface area contributed by atoms with Gasteiger partial charge in [-0.1, -0.05) is 0 Å². The maximum atomic E-state index is 13.0. The zero-order chi connectivity index (χ0) is 9.42. The van der Waals surface area contributed by atoms with Crippen LogP contribution in [-0.2, 0) is 0 Å². The summed E-state index contributed by atoms with van der Waals surface area (Å²) in [7, 11) is 0. The second-order valence-corrected chi connectivity index (χ2v) is 2.74. The molecule has 0 atom stereocenters. The molecule has 0 aliphatic carbocycles. The molecule has 1 aromatic heterocycles. The monoisotopic (exact) mass is 179 g/mol. The Morgan fingerprint density at radius 2 is 2.31 bits per heavy atom. The quantitative estimate of drug-likeness (QED) is 0.629. The van der Waals surface area contributed by atoms with Gasteiger partial charge in [0.2, 0.25) is 6.29 Å². The minimum atomic E-state index is -0.360. The highest BCUT2D eigenvalue weighted by atomic mass is 19.1. The van der Waals surface area contributed by atoms with Crippen LogP contribution in [0, 0.1) is 12.7 Å². The molecule has 0 unspecified atom stereocenters. The lowest BCUT2D eigenvalue weighted by Gasteiger charge is -1.92. The number of benzene rings is 1. The van der Waals surface area contributed by atoms with E-state index in [1.807, 2.05) is 0 Å². The van der Waals surface area contributed by atoms with E-state index in [4.69, 9.17) is 4.42 Å². The van der Waals surface area contributed by atoms with Gasteiger partial charge in [0.25, 0.3) is 5.89 Å². The number of rotatable bonds is 1. The molecule has 0 fully saturated rings. The molecule has 0 N–H and O–H groups in total. The van der Waals surface area contributed by atoms with Gasteiger partial charge in [0.15, 0.2) is 5.58 Å². The van der Waals surface area contributed by atoms with Gasteiger partial charge in [0.1, 0.15) is 11.3 Å². The van der Waals surface area contributed by atoms with Crippen LogP contribution >= 0.6 is 0 Å². The Bertz CT molecular complexity index is 437. The summed E-state index contributed by atoms with van der Waals surface area (Å²) >= 11 is 0. The Labute approximate surface area is 73.2 Å².